The number of anilines is 1. The van der Waals surface area contributed by atoms with Crippen LogP contribution < -0.4 is 5.32 Å². The van der Waals surface area contributed by atoms with E-state index < -0.39 is 18.3 Å². The molecule has 4 atom stereocenters. The molecule has 1 N–H and O–H groups in total. The van der Waals surface area contributed by atoms with Crippen LogP contribution in [0.3, 0.4) is 0 Å². The monoisotopic (exact) mass is 483 g/mol. The van der Waals surface area contributed by atoms with E-state index >= 15 is 0 Å². The fourth-order valence-electron chi connectivity index (χ4n) is 4.73. The summed E-state index contributed by atoms with van der Waals surface area (Å²) in [5.41, 5.74) is 4.94. The minimum Gasteiger partial charge on any atom is -0.441 e. The number of benzene rings is 3. The summed E-state index contributed by atoms with van der Waals surface area (Å²) in [6.45, 7) is 2.59. The number of tetrazole rings is 1. The van der Waals surface area contributed by atoms with Crippen LogP contribution in [0.1, 0.15) is 11.6 Å². The maximum Gasteiger partial charge on any atom is 0.412 e. The first-order valence-corrected chi connectivity index (χ1v) is 11.9. The summed E-state index contributed by atoms with van der Waals surface area (Å²) in [5.74, 6) is 0.633. The van der Waals surface area contributed by atoms with Crippen molar-refractivity contribution in [1.82, 2.24) is 20.2 Å². The predicted octanol–water partition coefficient (Wildman–Crippen LogP) is 4.27. The number of aromatic nitrogens is 4. The maximum absolute atomic E-state index is 12.4. The van der Waals surface area contributed by atoms with Crippen molar-refractivity contribution in [2.24, 2.45) is 0 Å². The molecule has 3 aromatic carbocycles. The van der Waals surface area contributed by atoms with Crippen LogP contribution in [0.4, 0.5) is 10.5 Å². The van der Waals surface area contributed by atoms with Gasteiger partial charge in [-0.25, -0.2) is 9.48 Å². The van der Waals surface area contributed by atoms with E-state index in [9.17, 15) is 4.79 Å². The topological polar surface area (TPSA) is 100 Å². The van der Waals surface area contributed by atoms with Crippen LogP contribution in [0.2, 0.25) is 0 Å². The van der Waals surface area contributed by atoms with Gasteiger partial charge in [0.1, 0.15) is 18.2 Å². The Kier molecular flexibility index (Phi) is 5.92. The molecule has 36 heavy (non-hydrogen) atoms. The number of carbonyl (C=O) groups is 1. The Labute approximate surface area is 208 Å². The van der Waals surface area contributed by atoms with Crippen LogP contribution in [-0.4, -0.2) is 57.8 Å². The number of nitrogens with zero attached hydrogens (tertiary/aromatic N) is 4. The SMILES string of the molecule is Cc1ccc(NC(=O)OC2COC3C2OCC3n2nnnc2-c2ccc(-c3ccccc3)cc2)cc1. The van der Waals surface area contributed by atoms with Gasteiger partial charge in [-0.2, -0.15) is 0 Å². The Bertz CT molecular complexity index is 1340. The van der Waals surface area contributed by atoms with Crippen molar-refractivity contribution in [2.45, 2.75) is 31.3 Å². The molecule has 2 aliphatic rings. The van der Waals surface area contributed by atoms with Gasteiger partial charge in [0.05, 0.1) is 13.2 Å². The molecule has 4 unspecified atom stereocenters. The third-order valence-corrected chi connectivity index (χ3v) is 6.60. The third kappa shape index (κ3) is 4.34. The number of aryl methyl sites for hydroxylation is 1. The second kappa shape index (κ2) is 9.52. The molecule has 4 aromatic rings. The smallest absolute Gasteiger partial charge is 0.412 e. The van der Waals surface area contributed by atoms with Gasteiger partial charge in [-0.05, 0) is 40.6 Å². The Balaban J connectivity index is 1.14. The zero-order valence-corrected chi connectivity index (χ0v) is 19.7. The lowest BCUT2D eigenvalue weighted by Crippen LogP contribution is -2.35. The lowest BCUT2D eigenvalue weighted by Gasteiger charge is -2.18. The van der Waals surface area contributed by atoms with Crippen molar-refractivity contribution in [3.8, 4) is 22.5 Å². The van der Waals surface area contributed by atoms with Crippen molar-refractivity contribution >= 4 is 11.8 Å². The molecule has 1 amide bonds. The Morgan fingerprint density at radius 2 is 1.58 bits per heavy atom. The molecule has 0 bridgehead atoms. The highest BCUT2D eigenvalue weighted by molar-refractivity contribution is 5.84. The molecule has 6 rings (SSSR count). The zero-order chi connectivity index (χ0) is 24.5. The molecule has 2 aliphatic heterocycles. The highest BCUT2D eigenvalue weighted by atomic mass is 16.6. The molecule has 0 saturated carbocycles. The Morgan fingerprint density at radius 1 is 0.889 bits per heavy atom. The minimum absolute atomic E-state index is 0.234. The molecule has 0 radical (unpaired) electrons. The number of fused-ring (bicyclic) bond motifs is 1. The Morgan fingerprint density at radius 3 is 2.36 bits per heavy atom. The van der Waals surface area contributed by atoms with Gasteiger partial charge < -0.3 is 14.2 Å². The van der Waals surface area contributed by atoms with Crippen molar-refractivity contribution in [3.63, 3.8) is 0 Å². The van der Waals surface area contributed by atoms with Crippen LogP contribution in [0.15, 0.2) is 78.9 Å². The summed E-state index contributed by atoms with van der Waals surface area (Å²) in [5, 5.41) is 15.2. The lowest BCUT2D eigenvalue weighted by atomic mass is 10.0. The van der Waals surface area contributed by atoms with Gasteiger partial charge in [0.2, 0.25) is 0 Å². The number of hydrogen-bond donors (Lipinski definition) is 1. The maximum atomic E-state index is 12.4. The van der Waals surface area contributed by atoms with Gasteiger partial charge in [-0.15, -0.1) is 5.10 Å². The first kappa shape index (κ1) is 22.4. The number of carbonyl (C=O) groups excluding carboxylic acids is 1. The van der Waals surface area contributed by atoms with Crippen molar-refractivity contribution in [3.05, 3.63) is 84.4 Å². The van der Waals surface area contributed by atoms with E-state index in [1.165, 1.54) is 0 Å². The van der Waals surface area contributed by atoms with Gasteiger partial charge in [-0.3, -0.25) is 5.32 Å². The van der Waals surface area contributed by atoms with Crippen molar-refractivity contribution in [2.75, 3.05) is 18.5 Å². The molecule has 3 heterocycles. The molecular formula is C27H25N5O4. The number of amides is 1. The molecule has 2 saturated heterocycles. The molecule has 2 fully saturated rings. The van der Waals surface area contributed by atoms with Gasteiger partial charge in [0.25, 0.3) is 0 Å². The van der Waals surface area contributed by atoms with E-state index in [4.69, 9.17) is 14.2 Å². The highest BCUT2D eigenvalue weighted by Gasteiger charge is 2.51. The van der Waals surface area contributed by atoms with Crippen LogP contribution in [0.25, 0.3) is 22.5 Å². The number of nitrogens with one attached hydrogen (secondary N) is 1. The van der Waals surface area contributed by atoms with Crippen LogP contribution >= 0.6 is 0 Å². The van der Waals surface area contributed by atoms with Crippen molar-refractivity contribution < 1.29 is 19.0 Å². The zero-order valence-electron chi connectivity index (χ0n) is 19.7. The first-order chi connectivity index (χ1) is 17.7. The van der Waals surface area contributed by atoms with Crippen molar-refractivity contribution in [1.29, 1.82) is 0 Å². The second-order valence-corrected chi connectivity index (χ2v) is 8.99. The largest absolute Gasteiger partial charge is 0.441 e. The summed E-state index contributed by atoms with van der Waals surface area (Å²) >= 11 is 0. The van der Waals surface area contributed by atoms with Gasteiger partial charge in [0, 0.05) is 11.3 Å². The summed E-state index contributed by atoms with van der Waals surface area (Å²) in [7, 11) is 0. The second-order valence-electron chi connectivity index (χ2n) is 8.99. The van der Waals surface area contributed by atoms with Crippen LogP contribution in [0.5, 0.6) is 0 Å². The fraction of sp³-hybridized carbons (Fsp3) is 0.259. The molecule has 9 heteroatoms. The standard InChI is InChI=1S/C27H25N5O4/c1-17-7-13-21(14-8-17)28-27(33)36-23-16-35-24-22(15-34-25(23)24)32-26(29-30-31-32)20-11-9-19(10-12-20)18-5-3-2-4-6-18/h2-14,22-25H,15-16H2,1H3,(H,28,33). The van der Waals surface area contributed by atoms with E-state index in [-0.39, 0.29) is 18.8 Å². The first-order valence-electron chi connectivity index (χ1n) is 11.9. The van der Waals surface area contributed by atoms with E-state index in [1.54, 1.807) is 4.68 Å². The summed E-state index contributed by atoms with van der Waals surface area (Å²) in [6, 6.07) is 25.6. The average molecular weight is 484 g/mol. The predicted molar refractivity (Wildman–Crippen MR) is 132 cm³/mol. The van der Waals surface area contributed by atoms with E-state index in [1.807, 2.05) is 61.5 Å². The summed E-state index contributed by atoms with van der Waals surface area (Å²) in [4.78, 5) is 12.4. The average Bonchev–Trinajstić information content (AvgIpc) is 3.64. The van der Waals surface area contributed by atoms with Crippen LogP contribution in [0, 0.1) is 6.92 Å². The third-order valence-electron chi connectivity index (χ3n) is 6.60. The molecule has 1 aromatic heterocycles. The molecular weight excluding hydrogens is 458 g/mol. The molecule has 182 valence electrons. The molecule has 0 aliphatic carbocycles. The lowest BCUT2D eigenvalue weighted by molar-refractivity contribution is 0.00774. The number of hydrogen-bond acceptors (Lipinski definition) is 7. The quantitative estimate of drug-likeness (QED) is 0.452. The van der Waals surface area contributed by atoms with Crippen LogP contribution in [-0.2, 0) is 14.2 Å². The minimum atomic E-state index is -0.540. The normalized spacial score (nSPS) is 22.8. The highest BCUT2D eigenvalue weighted by Crippen LogP contribution is 2.37. The summed E-state index contributed by atoms with van der Waals surface area (Å²) < 4.78 is 19.4. The van der Waals surface area contributed by atoms with Gasteiger partial charge in [-0.1, -0.05) is 72.3 Å². The van der Waals surface area contributed by atoms with Gasteiger partial charge in [0.15, 0.2) is 11.9 Å². The molecule has 0 spiro atoms. The van der Waals surface area contributed by atoms with E-state index in [2.05, 4.69) is 45.1 Å². The fourth-order valence-corrected chi connectivity index (χ4v) is 4.73. The number of ether oxygens (including phenoxy) is 3. The van der Waals surface area contributed by atoms with Gasteiger partial charge >= 0.3 is 6.09 Å². The molecule has 9 nitrogen and oxygen atoms in total. The van der Waals surface area contributed by atoms with E-state index in [0.717, 1.165) is 22.3 Å². The Hall–Kier alpha value is -4.08. The number of rotatable bonds is 5. The summed E-state index contributed by atoms with van der Waals surface area (Å²) in [6.07, 6.45) is -1.78. The van der Waals surface area contributed by atoms with E-state index in [0.29, 0.717) is 18.1 Å².